The van der Waals surface area contributed by atoms with Crippen LogP contribution >= 0.6 is 69.3 Å². The van der Waals surface area contributed by atoms with Crippen LogP contribution in [0.15, 0.2) is 114 Å². The molecule has 0 saturated carbocycles. The largest absolute Gasteiger partial charge is 0.378 e. The molecule has 0 unspecified atom stereocenters. The highest BCUT2D eigenvalue weighted by molar-refractivity contribution is 8.26. The van der Waals surface area contributed by atoms with Gasteiger partial charge in [-0.15, -0.1) is 30.6 Å². The SMILES string of the molecule is Cn1cc(CC(=O)N=C(N)SC(=N)CCSCCc2nnc(NC(=O)Cc3cn(C)c4ccccc34)s2)c2cc(-c3cccc(CC(=O)Nc4nnc(CSCCc5nnc(NC(=O)Cc6ccccc6)s5)s4)c3)ccc21. The van der Waals surface area contributed by atoms with E-state index in [9.17, 15) is 19.2 Å². The second-order valence-electron chi connectivity index (χ2n) is 17.6. The second kappa shape index (κ2) is 26.3. The number of aliphatic imine (C=N–C) groups is 1. The lowest BCUT2D eigenvalue weighted by Crippen LogP contribution is -2.14. The van der Waals surface area contributed by atoms with E-state index in [2.05, 4.69) is 51.5 Å². The topological polar surface area (TPSA) is 254 Å². The minimum Gasteiger partial charge on any atom is -0.378 e. The number of rotatable bonds is 23. The highest BCUT2D eigenvalue weighted by atomic mass is 32.2. The molecule has 0 radical (unpaired) electrons. The van der Waals surface area contributed by atoms with Gasteiger partial charge >= 0.3 is 0 Å². The van der Waals surface area contributed by atoms with Crippen molar-refractivity contribution in [1.82, 2.24) is 39.7 Å². The Kier molecular flexibility index (Phi) is 18.7. The Hall–Kier alpha value is -7.09. The van der Waals surface area contributed by atoms with Crippen molar-refractivity contribution in [2.45, 2.75) is 50.7 Å². The highest BCUT2D eigenvalue weighted by Crippen LogP contribution is 2.30. The molecule has 0 saturated heterocycles. The first-order valence-corrected chi connectivity index (χ1v) is 29.8. The van der Waals surface area contributed by atoms with Crippen LogP contribution in [-0.2, 0) is 77.6 Å². The second-order valence-corrected chi connectivity index (χ2v) is 24.2. The molecule has 0 aliphatic carbocycles. The number of nitrogens with one attached hydrogen (secondary N) is 4. The van der Waals surface area contributed by atoms with Crippen molar-refractivity contribution in [1.29, 1.82) is 5.41 Å². The molecular weight excluding hydrogens is 1090 g/mol. The van der Waals surface area contributed by atoms with Gasteiger partial charge in [0.2, 0.25) is 33.1 Å². The normalized spacial score (nSPS) is 11.6. The van der Waals surface area contributed by atoms with Gasteiger partial charge < -0.3 is 30.8 Å². The fourth-order valence-electron chi connectivity index (χ4n) is 8.29. The fourth-order valence-corrected chi connectivity index (χ4v) is 13.4. The van der Waals surface area contributed by atoms with E-state index >= 15 is 0 Å². The number of carbonyl (C=O) groups excluding carboxylic acids is 4. The van der Waals surface area contributed by atoms with Crippen LogP contribution < -0.4 is 21.7 Å². The Morgan fingerprint density at radius 3 is 1.84 bits per heavy atom. The summed E-state index contributed by atoms with van der Waals surface area (Å²) in [6.45, 7) is 0. The molecule has 0 aliphatic rings. The van der Waals surface area contributed by atoms with Crippen LogP contribution in [0.1, 0.15) is 43.7 Å². The van der Waals surface area contributed by atoms with Gasteiger partial charge in [-0.2, -0.15) is 28.5 Å². The molecule has 18 nitrogen and oxygen atoms in total. The van der Waals surface area contributed by atoms with Crippen molar-refractivity contribution in [2.75, 3.05) is 33.2 Å². The summed E-state index contributed by atoms with van der Waals surface area (Å²) in [6.07, 6.45) is 6.41. The van der Waals surface area contributed by atoms with Gasteiger partial charge in [0.1, 0.15) is 15.0 Å². The number of fused-ring (bicyclic) bond motifs is 2. The van der Waals surface area contributed by atoms with Crippen LogP contribution in [0, 0.1) is 5.41 Å². The summed E-state index contributed by atoms with van der Waals surface area (Å²) >= 11 is 8.39. The van der Waals surface area contributed by atoms with Gasteiger partial charge in [-0.3, -0.25) is 24.6 Å². The number of aryl methyl sites for hydroxylation is 4. The molecule has 0 bridgehead atoms. The number of carbonyl (C=O) groups is 4. The third-order valence-electron chi connectivity index (χ3n) is 11.8. The third-order valence-corrected chi connectivity index (χ3v) is 17.3. The Balaban J connectivity index is 0.680. The molecular formula is C53H52N14O4S6. The van der Waals surface area contributed by atoms with Gasteiger partial charge in [-0.25, -0.2) is 0 Å². The van der Waals surface area contributed by atoms with E-state index in [-0.39, 0.29) is 48.6 Å². The Morgan fingerprint density at radius 1 is 0.584 bits per heavy atom. The quantitative estimate of drug-likeness (QED) is 0.0227. The van der Waals surface area contributed by atoms with Crippen molar-refractivity contribution in [3.8, 4) is 11.1 Å². The van der Waals surface area contributed by atoms with Gasteiger partial charge in [0.25, 0.3) is 5.91 Å². The summed E-state index contributed by atoms with van der Waals surface area (Å²) in [6, 6.07) is 31.4. The molecule has 0 atom stereocenters. The summed E-state index contributed by atoms with van der Waals surface area (Å²) in [5, 5.41) is 48.3. The van der Waals surface area contributed by atoms with Gasteiger partial charge in [0.15, 0.2) is 5.17 Å². The zero-order chi connectivity index (χ0) is 53.7. The first-order chi connectivity index (χ1) is 37.4. The lowest BCUT2D eigenvalue weighted by molar-refractivity contribution is -0.117. The lowest BCUT2D eigenvalue weighted by Gasteiger charge is -2.07. The number of hydrogen-bond acceptors (Lipinski definition) is 17. The van der Waals surface area contributed by atoms with Crippen LogP contribution in [0.3, 0.4) is 0 Å². The van der Waals surface area contributed by atoms with Crippen molar-refractivity contribution in [3.05, 3.63) is 147 Å². The van der Waals surface area contributed by atoms with E-state index in [1.165, 1.54) is 34.0 Å². The van der Waals surface area contributed by atoms with Crippen molar-refractivity contribution in [2.24, 2.45) is 24.8 Å². The smallest absolute Gasteiger partial charge is 0.252 e. The Labute approximate surface area is 468 Å². The first kappa shape index (κ1) is 54.7. The molecule has 77 heavy (non-hydrogen) atoms. The molecule has 24 heteroatoms. The summed E-state index contributed by atoms with van der Waals surface area (Å²) in [7, 11) is 3.90. The van der Waals surface area contributed by atoms with Crippen molar-refractivity contribution >= 4 is 140 Å². The van der Waals surface area contributed by atoms with E-state index in [1.54, 1.807) is 23.5 Å². The average Bonchev–Trinajstić information content (AvgIpc) is 4.28. The molecule has 4 aromatic carbocycles. The maximum Gasteiger partial charge on any atom is 0.252 e. The van der Waals surface area contributed by atoms with Gasteiger partial charge in [0.05, 0.1) is 30.7 Å². The van der Waals surface area contributed by atoms with E-state index < -0.39 is 5.91 Å². The molecule has 0 fully saturated rings. The summed E-state index contributed by atoms with van der Waals surface area (Å²) < 4.78 is 3.99. The minimum atomic E-state index is -0.409. The van der Waals surface area contributed by atoms with Crippen LogP contribution in [0.2, 0.25) is 0 Å². The average molecular weight is 1140 g/mol. The fraction of sp³-hybridized carbons (Fsp3) is 0.245. The predicted molar refractivity (Wildman–Crippen MR) is 316 cm³/mol. The van der Waals surface area contributed by atoms with Gasteiger partial charge in [-0.1, -0.05) is 113 Å². The van der Waals surface area contributed by atoms with E-state index in [1.807, 2.05) is 133 Å². The number of para-hydroxylation sites is 1. The number of amides is 4. The van der Waals surface area contributed by atoms with E-state index in [0.29, 0.717) is 51.2 Å². The summed E-state index contributed by atoms with van der Waals surface area (Å²) in [5.74, 6) is 1.95. The maximum atomic E-state index is 13.2. The molecule has 6 N–H and O–H groups in total. The number of thioether (sulfide) groups is 3. The van der Waals surface area contributed by atoms with Gasteiger partial charge in [0, 0.05) is 79.1 Å². The number of nitrogens with zero attached hydrogens (tertiary/aromatic N) is 9. The Morgan fingerprint density at radius 2 is 1.14 bits per heavy atom. The van der Waals surface area contributed by atoms with E-state index in [0.717, 1.165) is 93.5 Å². The maximum absolute atomic E-state index is 13.2. The number of benzene rings is 4. The van der Waals surface area contributed by atoms with E-state index in [4.69, 9.17) is 11.1 Å². The molecule has 5 heterocycles. The number of anilines is 3. The van der Waals surface area contributed by atoms with Crippen LogP contribution in [0.5, 0.6) is 0 Å². The minimum absolute atomic E-state index is 0.0252. The molecule has 0 spiro atoms. The zero-order valence-electron chi connectivity index (χ0n) is 41.9. The molecule has 394 valence electrons. The molecule has 4 amide bonds. The number of amidine groups is 1. The Bertz CT molecular complexity index is 3600. The zero-order valence-corrected chi connectivity index (χ0v) is 46.8. The molecule has 9 rings (SSSR count). The van der Waals surface area contributed by atoms with Crippen LogP contribution in [0.25, 0.3) is 32.9 Å². The predicted octanol–water partition coefficient (Wildman–Crippen LogP) is 9.37. The summed E-state index contributed by atoms with van der Waals surface area (Å²) in [4.78, 5) is 55.7. The highest BCUT2D eigenvalue weighted by Gasteiger charge is 2.17. The lowest BCUT2D eigenvalue weighted by atomic mass is 9.99. The summed E-state index contributed by atoms with van der Waals surface area (Å²) in [5.41, 5.74) is 13.5. The number of aromatic nitrogens is 8. The van der Waals surface area contributed by atoms with Crippen LogP contribution in [0.4, 0.5) is 15.4 Å². The van der Waals surface area contributed by atoms with Gasteiger partial charge in [-0.05, 0) is 74.8 Å². The third kappa shape index (κ3) is 15.5. The molecule has 5 aromatic heterocycles. The molecule has 9 aromatic rings. The van der Waals surface area contributed by atoms with Crippen molar-refractivity contribution in [3.63, 3.8) is 0 Å². The van der Waals surface area contributed by atoms with Crippen molar-refractivity contribution < 1.29 is 19.2 Å². The van der Waals surface area contributed by atoms with Crippen LogP contribution in [-0.4, -0.2) is 90.8 Å². The standard InChI is InChI=1S/C53H52N14O4S6/c1-66-29-36(38-13-6-7-14-40(38)66)27-46(71)59-52-64-60-47(75-52)18-21-72-20-17-42(54)74-50(55)56-45(70)28-37-30-67(2)41-16-15-35(26-39(37)41)34-12-8-11-33(23-34)25-44(69)58-53-65-62-49(77-53)31-73-22-19-48-61-63-51(76-48)57-43(68)24-32-9-4-3-5-10-32/h3-16,23,26,29-30,54H,17-22,24-25,27-28,31H2,1-2H3,(H2,55,56,70)(H,57,63,68)(H,58,65,69)(H,59,64,71). The molecule has 0 aliphatic heterocycles. The monoisotopic (exact) mass is 1140 g/mol. The first-order valence-electron chi connectivity index (χ1n) is 24.3. The number of hydrogen-bond donors (Lipinski definition) is 5. The number of nitrogens with two attached hydrogens (primary N) is 1.